The number of benzene rings is 1. The van der Waals surface area contributed by atoms with Gasteiger partial charge in [-0.1, -0.05) is 63.6 Å². The molecule has 1 aromatic carbocycles. The molecule has 0 bridgehead atoms. The average Bonchev–Trinajstić information content (AvgIpc) is 2.91. The van der Waals surface area contributed by atoms with Crippen LogP contribution in [-0.2, 0) is 0 Å². The molecule has 2 atom stereocenters. The van der Waals surface area contributed by atoms with Crippen LogP contribution in [0.15, 0.2) is 24.3 Å². The summed E-state index contributed by atoms with van der Waals surface area (Å²) in [4.78, 5) is 0. The van der Waals surface area contributed by atoms with Crippen molar-refractivity contribution in [1.82, 2.24) is 5.32 Å². The summed E-state index contributed by atoms with van der Waals surface area (Å²) in [7, 11) is 2.09. The topological polar surface area (TPSA) is 21.3 Å². The van der Waals surface area contributed by atoms with Gasteiger partial charge >= 0.3 is 0 Å². The highest BCUT2D eigenvalue weighted by Gasteiger charge is 2.29. The van der Waals surface area contributed by atoms with Crippen molar-refractivity contribution in [3.63, 3.8) is 0 Å². The number of nitrogens with one attached hydrogen (secondary N) is 1. The van der Waals surface area contributed by atoms with Crippen LogP contribution in [0.4, 0.5) is 0 Å². The van der Waals surface area contributed by atoms with E-state index < -0.39 is 0 Å². The van der Waals surface area contributed by atoms with Crippen LogP contribution >= 0.6 is 0 Å². The van der Waals surface area contributed by atoms with Crippen molar-refractivity contribution in [1.29, 1.82) is 0 Å². The predicted molar refractivity (Wildman–Crippen MR) is 85.5 cm³/mol. The van der Waals surface area contributed by atoms with Crippen molar-refractivity contribution in [2.45, 2.75) is 63.8 Å². The maximum atomic E-state index is 5.81. The molecule has 0 spiro atoms. The summed E-state index contributed by atoms with van der Waals surface area (Å²) in [6.07, 6.45) is 9.46. The first-order chi connectivity index (χ1) is 9.86. The van der Waals surface area contributed by atoms with Crippen molar-refractivity contribution in [2.24, 2.45) is 0 Å². The highest BCUT2D eigenvalue weighted by molar-refractivity contribution is 5.40. The van der Waals surface area contributed by atoms with Crippen molar-refractivity contribution < 1.29 is 4.74 Å². The monoisotopic (exact) mass is 275 g/mol. The van der Waals surface area contributed by atoms with E-state index in [2.05, 4.69) is 43.6 Å². The Bertz CT molecular complexity index is 391. The molecule has 2 unspecified atom stereocenters. The minimum atomic E-state index is 0.520. The molecule has 1 aliphatic rings. The van der Waals surface area contributed by atoms with Gasteiger partial charge in [-0.2, -0.15) is 0 Å². The Kier molecular flexibility index (Phi) is 6.38. The van der Waals surface area contributed by atoms with Crippen LogP contribution in [0.1, 0.15) is 63.4 Å². The van der Waals surface area contributed by atoms with Gasteiger partial charge in [0.05, 0.1) is 6.61 Å². The van der Waals surface area contributed by atoms with E-state index in [1.54, 1.807) is 0 Å². The molecule has 0 saturated heterocycles. The number of unbranched alkanes of at least 4 members (excludes halogenated alkanes) is 5. The SMILES string of the molecule is CCCCCCCCC(NC)C1COc2ccccc21. The first-order valence-corrected chi connectivity index (χ1v) is 8.25. The van der Waals surface area contributed by atoms with Gasteiger partial charge in [0, 0.05) is 17.5 Å². The van der Waals surface area contributed by atoms with E-state index >= 15 is 0 Å². The summed E-state index contributed by atoms with van der Waals surface area (Å²) in [6, 6.07) is 9.04. The summed E-state index contributed by atoms with van der Waals surface area (Å²) in [5.41, 5.74) is 1.39. The molecule has 1 aliphatic heterocycles. The van der Waals surface area contributed by atoms with Gasteiger partial charge < -0.3 is 10.1 Å². The lowest BCUT2D eigenvalue weighted by Crippen LogP contribution is -2.33. The lowest BCUT2D eigenvalue weighted by molar-refractivity contribution is 0.294. The highest BCUT2D eigenvalue weighted by Crippen LogP contribution is 2.36. The number of likely N-dealkylation sites (N-methyl/N-ethyl adjacent to an activating group) is 1. The van der Waals surface area contributed by atoms with Crippen molar-refractivity contribution in [2.75, 3.05) is 13.7 Å². The van der Waals surface area contributed by atoms with Crippen LogP contribution in [-0.4, -0.2) is 19.7 Å². The first kappa shape index (κ1) is 15.4. The first-order valence-electron chi connectivity index (χ1n) is 8.25. The number of hydrogen-bond acceptors (Lipinski definition) is 2. The standard InChI is InChI=1S/C18H29NO/c1-3-4-5-6-7-8-12-17(19-2)16-14-20-18-13-10-9-11-15(16)18/h9-11,13,16-17,19H,3-8,12,14H2,1-2H3. The second-order valence-electron chi connectivity index (χ2n) is 5.91. The molecule has 2 rings (SSSR count). The van der Waals surface area contributed by atoms with Gasteiger partial charge in [-0.25, -0.2) is 0 Å². The minimum absolute atomic E-state index is 0.520. The maximum absolute atomic E-state index is 5.81. The third kappa shape index (κ3) is 3.99. The number of ether oxygens (including phenoxy) is 1. The van der Waals surface area contributed by atoms with Crippen molar-refractivity contribution in [3.8, 4) is 5.75 Å². The van der Waals surface area contributed by atoms with E-state index in [4.69, 9.17) is 4.74 Å². The molecule has 2 nitrogen and oxygen atoms in total. The smallest absolute Gasteiger partial charge is 0.122 e. The Labute approximate surface area is 123 Å². The summed E-state index contributed by atoms with van der Waals surface area (Å²) < 4.78 is 5.81. The molecule has 0 aliphatic carbocycles. The second kappa shape index (κ2) is 8.31. The summed E-state index contributed by atoms with van der Waals surface area (Å²) in [5, 5.41) is 3.51. The Morgan fingerprint density at radius 3 is 2.70 bits per heavy atom. The minimum Gasteiger partial charge on any atom is -0.493 e. The molecule has 2 heteroatoms. The van der Waals surface area contributed by atoms with E-state index in [9.17, 15) is 0 Å². The number of hydrogen-bond donors (Lipinski definition) is 1. The van der Waals surface area contributed by atoms with Crippen molar-refractivity contribution in [3.05, 3.63) is 29.8 Å². The van der Waals surface area contributed by atoms with Gasteiger partial charge in [-0.3, -0.25) is 0 Å². The molecular weight excluding hydrogens is 246 g/mol. The Morgan fingerprint density at radius 2 is 1.90 bits per heavy atom. The molecular formula is C18H29NO. The Balaban J connectivity index is 1.78. The van der Waals surface area contributed by atoms with Crippen molar-refractivity contribution >= 4 is 0 Å². The third-order valence-corrected chi connectivity index (χ3v) is 4.46. The van der Waals surface area contributed by atoms with Gasteiger partial charge in [0.25, 0.3) is 0 Å². The van der Waals surface area contributed by atoms with Crippen LogP contribution < -0.4 is 10.1 Å². The zero-order valence-corrected chi connectivity index (χ0v) is 13.0. The third-order valence-electron chi connectivity index (χ3n) is 4.46. The molecule has 1 heterocycles. The fourth-order valence-corrected chi connectivity index (χ4v) is 3.21. The van der Waals surface area contributed by atoms with Gasteiger partial charge in [0.1, 0.15) is 5.75 Å². The fourth-order valence-electron chi connectivity index (χ4n) is 3.21. The largest absolute Gasteiger partial charge is 0.493 e. The number of fused-ring (bicyclic) bond motifs is 1. The van der Waals surface area contributed by atoms with Gasteiger partial charge in [-0.15, -0.1) is 0 Å². The number of para-hydroxylation sites is 1. The summed E-state index contributed by atoms with van der Waals surface area (Å²) >= 11 is 0. The molecule has 1 aromatic rings. The van der Waals surface area contributed by atoms with E-state index in [0.29, 0.717) is 12.0 Å². The maximum Gasteiger partial charge on any atom is 0.122 e. The number of rotatable bonds is 9. The zero-order chi connectivity index (χ0) is 14.2. The Morgan fingerprint density at radius 1 is 1.15 bits per heavy atom. The summed E-state index contributed by atoms with van der Waals surface area (Å²) in [5.74, 6) is 1.60. The molecule has 0 aromatic heterocycles. The molecule has 112 valence electrons. The van der Waals surface area contributed by atoms with Gasteiger partial charge in [-0.05, 0) is 19.5 Å². The normalized spacial score (nSPS) is 18.6. The molecule has 0 fully saturated rings. The van der Waals surface area contributed by atoms with E-state index in [1.165, 1.54) is 50.5 Å². The van der Waals surface area contributed by atoms with Crippen LogP contribution in [0.25, 0.3) is 0 Å². The Hall–Kier alpha value is -1.02. The molecule has 0 amide bonds. The van der Waals surface area contributed by atoms with Crippen LogP contribution in [0, 0.1) is 0 Å². The highest BCUT2D eigenvalue weighted by atomic mass is 16.5. The van der Waals surface area contributed by atoms with E-state index in [0.717, 1.165) is 12.4 Å². The lowest BCUT2D eigenvalue weighted by atomic mass is 9.90. The van der Waals surface area contributed by atoms with Crippen LogP contribution in [0.5, 0.6) is 5.75 Å². The van der Waals surface area contributed by atoms with E-state index in [-0.39, 0.29) is 0 Å². The van der Waals surface area contributed by atoms with Crippen LogP contribution in [0.3, 0.4) is 0 Å². The fraction of sp³-hybridized carbons (Fsp3) is 0.667. The van der Waals surface area contributed by atoms with Crippen LogP contribution in [0.2, 0.25) is 0 Å². The quantitative estimate of drug-likeness (QED) is 0.670. The lowest BCUT2D eigenvalue weighted by Gasteiger charge is -2.22. The van der Waals surface area contributed by atoms with Gasteiger partial charge in [0.15, 0.2) is 0 Å². The predicted octanol–water partition coefficient (Wildman–Crippen LogP) is 4.50. The van der Waals surface area contributed by atoms with Gasteiger partial charge in [0.2, 0.25) is 0 Å². The molecule has 0 saturated carbocycles. The molecule has 20 heavy (non-hydrogen) atoms. The molecule has 1 N–H and O–H groups in total. The average molecular weight is 275 g/mol. The second-order valence-corrected chi connectivity index (χ2v) is 5.91. The van der Waals surface area contributed by atoms with E-state index in [1.807, 2.05) is 0 Å². The zero-order valence-electron chi connectivity index (χ0n) is 13.0. The summed E-state index contributed by atoms with van der Waals surface area (Å²) in [6.45, 7) is 3.11. The molecule has 0 radical (unpaired) electrons.